The first-order valence-corrected chi connectivity index (χ1v) is 15.2. The lowest BCUT2D eigenvalue weighted by Gasteiger charge is -2.25. The number of carbonyl (C=O) groups excluding carboxylic acids is 2. The Balaban J connectivity index is 1.71. The second-order valence-corrected chi connectivity index (χ2v) is 12.6. The van der Waals surface area contributed by atoms with Gasteiger partial charge in [0.15, 0.2) is 0 Å². The van der Waals surface area contributed by atoms with Crippen LogP contribution in [0.2, 0.25) is 5.02 Å². The molecule has 1 unspecified atom stereocenters. The molecule has 1 N–H and O–H groups in total. The maximum Gasteiger partial charge on any atom is 0.240 e. The van der Waals surface area contributed by atoms with Crippen LogP contribution in [-0.4, -0.2) is 53.1 Å². The fourth-order valence-electron chi connectivity index (χ4n) is 5.06. The number of benzene rings is 2. The second kappa shape index (κ2) is 12.7. The van der Waals surface area contributed by atoms with Gasteiger partial charge in [-0.1, -0.05) is 50.6 Å². The molecule has 0 fully saturated rings. The number of pyridine rings is 1. The third-order valence-electron chi connectivity index (χ3n) is 7.11. The Morgan fingerprint density at radius 2 is 1.91 bits per heavy atom. The highest BCUT2D eigenvalue weighted by Crippen LogP contribution is 2.51. The van der Waals surface area contributed by atoms with Crippen LogP contribution in [0.3, 0.4) is 0 Å². The van der Waals surface area contributed by atoms with Crippen LogP contribution in [0, 0.1) is 0 Å². The number of hydrogen-bond acceptors (Lipinski definition) is 7. The third kappa shape index (κ3) is 6.35. The lowest BCUT2D eigenvalue weighted by atomic mass is 9.87. The number of nitrogens with zero attached hydrogens (tertiary/aromatic N) is 4. The van der Waals surface area contributed by atoms with Crippen LogP contribution in [-0.2, 0) is 21.5 Å². The average Bonchev–Trinajstić information content (AvgIpc) is 3.34. The Morgan fingerprint density at radius 1 is 1.12 bits per heavy atom. The number of nitrogens with one attached hydrogen (secondary N) is 1. The van der Waals surface area contributed by atoms with E-state index >= 15 is 0 Å². The quantitative estimate of drug-likeness (QED) is 0.269. The van der Waals surface area contributed by atoms with E-state index in [1.165, 1.54) is 16.7 Å². The van der Waals surface area contributed by atoms with E-state index in [1.54, 1.807) is 37.4 Å². The smallest absolute Gasteiger partial charge is 0.240 e. The van der Waals surface area contributed by atoms with Crippen LogP contribution >= 0.6 is 23.4 Å². The average molecular weight is 620 g/mol. The number of rotatable bonds is 8. The molecule has 0 saturated heterocycles. The van der Waals surface area contributed by atoms with Gasteiger partial charge in [-0.2, -0.15) is 5.10 Å². The zero-order valence-electron chi connectivity index (χ0n) is 24.8. The van der Waals surface area contributed by atoms with Crippen molar-refractivity contribution < 1.29 is 19.1 Å². The van der Waals surface area contributed by atoms with E-state index in [0.717, 1.165) is 22.4 Å². The lowest BCUT2D eigenvalue weighted by Crippen LogP contribution is -2.42. The molecule has 224 valence electrons. The summed E-state index contributed by atoms with van der Waals surface area (Å²) in [4.78, 5) is 33.0. The summed E-state index contributed by atoms with van der Waals surface area (Å²) in [5, 5.41) is 8.14. The molecule has 9 nitrogen and oxygen atoms in total. The van der Waals surface area contributed by atoms with Gasteiger partial charge in [-0.25, -0.2) is 4.68 Å². The molecule has 11 heteroatoms. The maximum atomic E-state index is 14.0. The highest BCUT2D eigenvalue weighted by atomic mass is 35.5. The monoisotopic (exact) mass is 619 g/mol. The maximum absolute atomic E-state index is 14.0. The molecular formula is C32H34ClN5O4S. The number of para-hydroxylation sites is 1. The predicted molar refractivity (Wildman–Crippen MR) is 170 cm³/mol. The summed E-state index contributed by atoms with van der Waals surface area (Å²) in [7, 11) is 3.23. The fourth-order valence-corrected chi connectivity index (χ4v) is 6.49. The van der Waals surface area contributed by atoms with Gasteiger partial charge in [0.05, 0.1) is 41.6 Å². The molecule has 0 spiro atoms. The molecule has 0 aliphatic carbocycles. The van der Waals surface area contributed by atoms with Gasteiger partial charge < -0.3 is 14.8 Å². The molecule has 2 amide bonds. The van der Waals surface area contributed by atoms with E-state index in [-0.39, 0.29) is 35.9 Å². The number of ether oxygens (including phenoxy) is 2. The molecule has 5 rings (SSSR count). The molecule has 4 aromatic rings. The first-order chi connectivity index (χ1) is 20.6. The summed E-state index contributed by atoms with van der Waals surface area (Å²) in [6.45, 7) is 6.32. The van der Waals surface area contributed by atoms with E-state index in [1.807, 2.05) is 48.5 Å². The van der Waals surface area contributed by atoms with Crippen molar-refractivity contribution in [2.45, 2.75) is 38.0 Å². The van der Waals surface area contributed by atoms with E-state index in [9.17, 15) is 9.59 Å². The number of anilines is 1. The number of hydrogen-bond donors (Lipinski definition) is 1. The standard InChI is InChI=1S/C32H34ClN5O4S/c1-32(2,3)30-28-29(22-15-21(41-4)12-13-25(22)42-5)43-19-27(40)37(18-26(39)35-17-20-9-8-14-34-16-20)31(28)38(36-30)24-11-7-6-10-23(24)33/h6-16,29H,17-19H2,1-5H3,(H,35,39). The number of aromatic nitrogens is 3. The van der Waals surface area contributed by atoms with Crippen molar-refractivity contribution in [2.75, 3.05) is 31.4 Å². The lowest BCUT2D eigenvalue weighted by molar-refractivity contribution is -0.123. The van der Waals surface area contributed by atoms with E-state index in [0.29, 0.717) is 28.0 Å². The molecule has 1 aliphatic heterocycles. The molecule has 1 aliphatic rings. The molecule has 0 saturated carbocycles. The zero-order chi connectivity index (χ0) is 30.7. The number of thioether (sulfide) groups is 1. The number of amides is 2. The van der Waals surface area contributed by atoms with Gasteiger partial charge in [0.2, 0.25) is 11.8 Å². The largest absolute Gasteiger partial charge is 0.497 e. The molecular weight excluding hydrogens is 586 g/mol. The van der Waals surface area contributed by atoms with Crippen molar-refractivity contribution in [3.63, 3.8) is 0 Å². The second-order valence-electron chi connectivity index (χ2n) is 11.1. The Bertz CT molecular complexity index is 1640. The van der Waals surface area contributed by atoms with Crippen molar-refractivity contribution in [2.24, 2.45) is 0 Å². The highest BCUT2D eigenvalue weighted by Gasteiger charge is 2.41. The third-order valence-corrected chi connectivity index (χ3v) is 8.67. The molecule has 0 bridgehead atoms. The molecule has 0 radical (unpaired) electrons. The Kier molecular flexibility index (Phi) is 8.98. The summed E-state index contributed by atoms with van der Waals surface area (Å²) in [6.07, 6.45) is 3.37. The fraction of sp³-hybridized carbons (Fsp3) is 0.312. The number of fused-ring (bicyclic) bond motifs is 1. The predicted octanol–water partition coefficient (Wildman–Crippen LogP) is 5.72. The van der Waals surface area contributed by atoms with Crippen molar-refractivity contribution in [1.82, 2.24) is 20.1 Å². The minimum atomic E-state index is -0.427. The zero-order valence-corrected chi connectivity index (χ0v) is 26.3. The van der Waals surface area contributed by atoms with Gasteiger partial charge >= 0.3 is 0 Å². The topological polar surface area (TPSA) is 98.6 Å². The number of halogens is 1. The normalized spacial score (nSPS) is 15.1. The van der Waals surface area contributed by atoms with Crippen LogP contribution in [0.15, 0.2) is 67.0 Å². The van der Waals surface area contributed by atoms with Gasteiger partial charge in [-0.05, 0) is 42.0 Å². The van der Waals surface area contributed by atoms with E-state index < -0.39 is 5.41 Å². The van der Waals surface area contributed by atoms with Crippen LogP contribution in [0.1, 0.15) is 48.4 Å². The molecule has 2 aromatic heterocycles. The van der Waals surface area contributed by atoms with Crippen LogP contribution in [0.5, 0.6) is 11.5 Å². The minimum Gasteiger partial charge on any atom is -0.497 e. The van der Waals surface area contributed by atoms with Crippen molar-refractivity contribution in [3.05, 3.63) is 94.4 Å². The minimum absolute atomic E-state index is 0.127. The summed E-state index contributed by atoms with van der Waals surface area (Å²) < 4.78 is 13.1. The first kappa shape index (κ1) is 30.4. The van der Waals surface area contributed by atoms with Crippen molar-refractivity contribution in [1.29, 1.82) is 0 Å². The van der Waals surface area contributed by atoms with Gasteiger partial charge in [0.1, 0.15) is 23.9 Å². The number of methoxy groups -OCH3 is 2. The Hall–Kier alpha value is -4.02. The van der Waals surface area contributed by atoms with Crippen molar-refractivity contribution >= 4 is 41.0 Å². The van der Waals surface area contributed by atoms with Gasteiger partial charge in [0, 0.05) is 35.5 Å². The molecule has 3 heterocycles. The van der Waals surface area contributed by atoms with E-state index in [2.05, 4.69) is 31.1 Å². The highest BCUT2D eigenvalue weighted by molar-refractivity contribution is 8.00. The van der Waals surface area contributed by atoms with Gasteiger partial charge in [-0.15, -0.1) is 11.8 Å². The summed E-state index contributed by atoms with van der Waals surface area (Å²) >= 11 is 8.19. The Morgan fingerprint density at radius 3 is 2.58 bits per heavy atom. The van der Waals surface area contributed by atoms with E-state index in [4.69, 9.17) is 26.2 Å². The summed E-state index contributed by atoms with van der Waals surface area (Å²) in [5.74, 6) is 1.41. The van der Waals surface area contributed by atoms with Crippen LogP contribution in [0.4, 0.5) is 5.82 Å². The van der Waals surface area contributed by atoms with Crippen LogP contribution in [0.25, 0.3) is 5.69 Å². The molecule has 43 heavy (non-hydrogen) atoms. The summed E-state index contributed by atoms with van der Waals surface area (Å²) in [6, 6.07) is 16.7. The molecule has 2 aromatic carbocycles. The van der Waals surface area contributed by atoms with Crippen molar-refractivity contribution in [3.8, 4) is 17.2 Å². The summed E-state index contributed by atoms with van der Waals surface area (Å²) in [5.41, 5.74) is 3.47. The van der Waals surface area contributed by atoms with Gasteiger partial charge in [-0.3, -0.25) is 19.5 Å². The first-order valence-electron chi connectivity index (χ1n) is 13.8. The van der Waals surface area contributed by atoms with Gasteiger partial charge in [0.25, 0.3) is 0 Å². The van der Waals surface area contributed by atoms with Crippen LogP contribution < -0.4 is 19.7 Å². The Labute approximate surface area is 260 Å². The number of carbonyl (C=O) groups is 2. The molecule has 1 atom stereocenters. The SMILES string of the molecule is COc1ccc(OC)c(C2SCC(=O)N(CC(=O)NCc3cccnc3)c3c2c(C(C)(C)C)nn3-c2ccccc2Cl)c1.